The number of piperidine rings is 1. The van der Waals surface area contributed by atoms with Crippen molar-refractivity contribution in [3.8, 4) is 0 Å². The number of hydrogen-bond acceptors (Lipinski definition) is 4. The summed E-state index contributed by atoms with van der Waals surface area (Å²) in [5.41, 5.74) is 1.32. The maximum Gasteiger partial charge on any atom is 0.345 e. The molecular weight excluding hydrogens is 342 g/mol. The maximum atomic E-state index is 12.7. The molecule has 2 aromatic heterocycles. The summed E-state index contributed by atoms with van der Waals surface area (Å²) in [5.74, 6) is -0.165. The van der Waals surface area contributed by atoms with Crippen LogP contribution in [0.4, 0.5) is 0 Å². The average Bonchev–Trinajstić information content (AvgIpc) is 3.02. The van der Waals surface area contributed by atoms with Crippen molar-refractivity contribution in [2.75, 3.05) is 19.6 Å². The van der Waals surface area contributed by atoms with Crippen LogP contribution >= 0.6 is 0 Å². The molecule has 0 unspecified atom stereocenters. The van der Waals surface area contributed by atoms with E-state index in [9.17, 15) is 9.59 Å². The molecule has 0 radical (unpaired) electrons. The second kappa shape index (κ2) is 7.19. The van der Waals surface area contributed by atoms with Crippen molar-refractivity contribution in [3.63, 3.8) is 0 Å². The molecule has 0 saturated carbocycles. The molecule has 0 spiro atoms. The van der Waals surface area contributed by atoms with Crippen molar-refractivity contribution in [2.45, 2.75) is 32.2 Å². The van der Waals surface area contributed by atoms with Crippen LogP contribution in [-0.2, 0) is 7.05 Å². The van der Waals surface area contributed by atoms with Crippen LogP contribution in [0.1, 0.15) is 36.7 Å². The summed E-state index contributed by atoms with van der Waals surface area (Å²) in [5, 5.41) is 4.27. The fourth-order valence-electron chi connectivity index (χ4n) is 4.10. The van der Waals surface area contributed by atoms with Crippen LogP contribution in [0.15, 0.2) is 39.5 Å². The number of likely N-dealkylation sites (tertiary alicyclic amines) is 1. The lowest BCUT2D eigenvalue weighted by Gasteiger charge is -2.33. The number of carbonyl (C=O) groups is 1. The van der Waals surface area contributed by atoms with E-state index in [-0.39, 0.29) is 5.91 Å². The lowest BCUT2D eigenvalue weighted by Crippen LogP contribution is -2.42. The highest BCUT2D eigenvalue weighted by molar-refractivity contribution is 6.07. The van der Waals surface area contributed by atoms with Crippen molar-refractivity contribution < 1.29 is 9.21 Å². The SMILES string of the molecule is C[C@H]1CCCCN1CCNC(=O)c1cc2c(=O)oc3ccccc3c2n1C. The summed E-state index contributed by atoms with van der Waals surface area (Å²) >= 11 is 0. The van der Waals surface area contributed by atoms with Crippen molar-refractivity contribution >= 4 is 27.8 Å². The normalized spacial score (nSPS) is 18.2. The van der Waals surface area contributed by atoms with E-state index in [4.69, 9.17) is 4.42 Å². The molecule has 1 atom stereocenters. The van der Waals surface area contributed by atoms with E-state index in [1.807, 2.05) is 25.2 Å². The molecule has 3 aromatic rings. The minimum absolute atomic E-state index is 0.165. The summed E-state index contributed by atoms with van der Waals surface area (Å²) in [4.78, 5) is 27.5. The topological polar surface area (TPSA) is 67.5 Å². The fourth-order valence-corrected chi connectivity index (χ4v) is 4.10. The second-order valence-corrected chi connectivity index (χ2v) is 7.37. The summed E-state index contributed by atoms with van der Waals surface area (Å²) in [6.07, 6.45) is 3.74. The number of carbonyl (C=O) groups excluding carboxylic acids is 1. The van der Waals surface area contributed by atoms with Crippen LogP contribution in [0, 0.1) is 0 Å². The average molecular weight is 367 g/mol. The van der Waals surface area contributed by atoms with Gasteiger partial charge in [0, 0.05) is 31.6 Å². The molecule has 4 rings (SSSR count). The number of benzene rings is 1. The van der Waals surface area contributed by atoms with Crippen LogP contribution in [0.3, 0.4) is 0 Å². The molecule has 142 valence electrons. The van der Waals surface area contributed by atoms with Gasteiger partial charge in [-0.05, 0) is 44.5 Å². The van der Waals surface area contributed by atoms with E-state index in [1.54, 1.807) is 16.7 Å². The van der Waals surface area contributed by atoms with Crippen LogP contribution in [0.2, 0.25) is 0 Å². The molecule has 3 heterocycles. The molecule has 6 nitrogen and oxygen atoms in total. The van der Waals surface area contributed by atoms with E-state index in [2.05, 4.69) is 17.1 Å². The molecule has 1 N–H and O–H groups in total. The third-order valence-electron chi connectivity index (χ3n) is 5.66. The monoisotopic (exact) mass is 367 g/mol. The van der Waals surface area contributed by atoms with E-state index < -0.39 is 5.63 Å². The zero-order chi connectivity index (χ0) is 19.0. The Bertz CT molecular complexity index is 1050. The molecule has 1 amide bonds. The highest BCUT2D eigenvalue weighted by atomic mass is 16.4. The largest absolute Gasteiger partial charge is 0.422 e. The number of para-hydroxylation sites is 1. The van der Waals surface area contributed by atoms with Crippen LogP contribution < -0.4 is 10.9 Å². The number of hydrogen-bond donors (Lipinski definition) is 1. The van der Waals surface area contributed by atoms with Gasteiger partial charge in [-0.15, -0.1) is 0 Å². The first-order valence-corrected chi connectivity index (χ1v) is 9.60. The first-order chi connectivity index (χ1) is 13.1. The van der Waals surface area contributed by atoms with Crippen LogP contribution in [-0.4, -0.2) is 41.1 Å². The molecule has 6 heteroatoms. The number of rotatable bonds is 4. The van der Waals surface area contributed by atoms with Gasteiger partial charge in [-0.1, -0.05) is 18.6 Å². The lowest BCUT2D eigenvalue weighted by molar-refractivity contribution is 0.0931. The van der Waals surface area contributed by atoms with Gasteiger partial charge in [-0.3, -0.25) is 9.69 Å². The predicted octanol–water partition coefficient (Wildman–Crippen LogP) is 2.89. The Morgan fingerprint density at radius 1 is 1.26 bits per heavy atom. The van der Waals surface area contributed by atoms with Gasteiger partial charge in [0.25, 0.3) is 5.91 Å². The Balaban J connectivity index is 1.57. The van der Waals surface area contributed by atoms with Gasteiger partial charge >= 0.3 is 5.63 Å². The number of aromatic nitrogens is 1. The molecule has 1 aliphatic rings. The predicted molar refractivity (Wildman–Crippen MR) is 106 cm³/mol. The molecule has 0 aliphatic carbocycles. The van der Waals surface area contributed by atoms with Gasteiger partial charge in [-0.25, -0.2) is 4.79 Å². The van der Waals surface area contributed by atoms with Gasteiger partial charge in [0.1, 0.15) is 11.3 Å². The Labute approximate surface area is 157 Å². The fraction of sp³-hybridized carbons (Fsp3) is 0.429. The molecular formula is C21H25N3O3. The summed E-state index contributed by atoms with van der Waals surface area (Å²) in [6, 6.07) is 9.60. The molecule has 0 bridgehead atoms. The van der Waals surface area contributed by atoms with Gasteiger partial charge < -0.3 is 14.3 Å². The van der Waals surface area contributed by atoms with E-state index in [0.717, 1.165) is 24.0 Å². The summed E-state index contributed by atoms with van der Waals surface area (Å²) in [7, 11) is 1.82. The van der Waals surface area contributed by atoms with E-state index >= 15 is 0 Å². The maximum absolute atomic E-state index is 12.7. The van der Waals surface area contributed by atoms with Crippen molar-refractivity contribution in [1.29, 1.82) is 0 Å². The highest BCUT2D eigenvalue weighted by Crippen LogP contribution is 2.25. The second-order valence-electron chi connectivity index (χ2n) is 7.37. The summed E-state index contributed by atoms with van der Waals surface area (Å²) < 4.78 is 7.17. The minimum atomic E-state index is -0.416. The van der Waals surface area contributed by atoms with Gasteiger partial charge in [-0.2, -0.15) is 0 Å². The lowest BCUT2D eigenvalue weighted by atomic mass is 10.0. The van der Waals surface area contributed by atoms with Gasteiger partial charge in [0.05, 0.1) is 10.9 Å². The third-order valence-corrected chi connectivity index (χ3v) is 5.66. The van der Waals surface area contributed by atoms with Crippen molar-refractivity contribution in [3.05, 3.63) is 46.4 Å². The standard InChI is InChI=1S/C21H25N3O3/c1-14-7-5-6-11-24(14)12-10-22-20(25)17-13-16-19(23(17)2)15-8-3-4-9-18(15)27-21(16)26/h3-4,8-9,13-14H,5-7,10-12H2,1-2H3,(H,22,25)/t14-/m0/s1. The number of amides is 1. The first-order valence-electron chi connectivity index (χ1n) is 9.60. The van der Waals surface area contributed by atoms with E-state index in [0.29, 0.717) is 29.2 Å². The zero-order valence-electron chi connectivity index (χ0n) is 15.8. The zero-order valence-corrected chi connectivity index (χ0v) is 15.8. The quantitative estimate of drug-likeness (QED) is 0.720. The van der Waals surface area contributed by atoms with Crippen molar-refractivity contribution in [2.24, 2.45) is 7.05 Å². The minimum Gasteiger partial charge on any atom is -0.422 e. The summed E-state index contributed by atoms with van der Waals surface area (Å²) in [6.45, 7) is 4.79. The Morgan fingerprint density at radius 3 is 2.89 bits per heavy atom. The molecule has 1 aromatic carbocycles. The Kier molecular flexibility index (Phi) is 4.74. The highest BCUT2D eigenvalue weighted by Gasteiger charge is 2.20. The van der Waals surface area contributed by atoms with Crippen LogP contribution in [0.25, 0.3) is 21.9 Å². The van der Waals surface area contributed by atoms with E-state index in [1.165, 1.54) is 19.3 Å². The number of aryl methyl sites for hydroxylation is 1. The molecule has 27 heavy (non-hydrogen) atoms. The Morgan fingerprint density at radius 2 is 2.07 bits per heavy atom. The Hall–Kier alpha value is -2.60. The first kappa shape index (κ1) is 17.8. The number of nitrogens with zero attached hydrogens (tertiary/aromatic N) is 2. The molecule has 1 aliphatic heterocycles. The molecule has 1 fully saturated rings. The van der Waals surface area contributed by atoms with Gasteiger partial charge in [0.2, 0.25) is 0 Å². The van der Waals surface area contributed by atoms with Crippen LogP contribution in [0.5, 0.6) is 0 Å². The smallest absolute Gasteiger partial charge is 0.345 e. The molecule has 1 saturated heterocycles. The third kappa shape index (κ3) is 3.25. The number of fused-ring (bicyclic) bond motifs is 3. The number of nitrogens with one attached hydrogen (secondary N) is 1. The van der Waals surface area contributed by atoms with Gasteiger partial charge in [0.15, 0.2) is 0 Å². The van der Waals surface area contributed by atoms with Crippen molar-refractivity contribution in [1.82, 2.24) is 14.8 Å².